The number of rotatable bonds is 10. The Bertz CT molecular complexity index is 1820. The Morgan fingerprint density at radius 2 is 1.36 bits per heavy atom. The van der Waals surface area contributed by atoms with Crippen molar-refractivity contribution in [3.8, 4) is 11.5 Å². The molecule has 4 aromatic carbocycles. The Labute approximate surface area is 246 Å². The summed E-state index contributed by atoms with van der Waals surface area (Å²) >= 11 is 0. The van der Waals surface area contributed by atoms with Gasteiger partial charge in [-0.15, -0.1) is 0 Å². The first-order valence-corrected chi connectivity index (χ1v) is 15.6. The molecule has 0 unspecified atom stereocenters. The second-order valence-electron chi connectivity index (χ2n) is 9.44. The molecule has 4 aromatic rings. The average molecular weight is 610 g/mol. The summed E-state index contributed by atoms with van der Waals surface area (Å²) in [6.07, 6.45) is 0. The monoisotopic (exact) mass is 609 g/mol. The van der Waals surface area contributed by atoms with E-state index in [1.54, 1.807) is 6.07 Å². The van der Waals surface area contributed by atoms with E-state index in [1.807, 2.05) is 26.0 Å². The SMILES string of the molecule is COc1ccc(S(=O)(=O)N(C)c2ccc(C(=O)Nc3ccc(S(=O)(=O)Nc4cc(C)ccc4C)cc3)cc2)cc1OC. The lowest BCUT2D eigenvalue weighted by atomic mass is 10.1. The Balaban J connectivity index is 1.44. The van der Waals surface area contributed by atoms with Gasteiger partial charge in [0.2, 0.25) is 0 Å². The van der Waals surface area contributed by atoms with Crippen LogP contribution in [0, 0.1) is 13.8 Å². The molecule has 0 aliphatic rings. The van der Waals surface area contributed by atoms with E-state index in [2.05, 4.69) is 10.0 Å². The van der Waals surface area contributed by atoms with E-state index in [1.165, 1.54) is 88.0 Å². The van der Waals surface area contributed by atoms with Crippen molar-refractivity contribution in [2.45, 2.75) is 23.6 Å². The van der Waals surface area contributed by atoms with Crippen LogP contribution >= 0.6 is 0 Å². The highest BCUT2D eigenvalue weighted by molar-refractivity contribution is 7.93. The number of nitrogens with zero attached hydrogens (tertiary/aromatic N) is 1. The van der Waals surface area contributed by atoms with E-state index in [0.717, 1.165) is 15.4 Å². The summed E-state index contributed by atoms with van der Waals surface area (Å²) in [5.74, 6) is 0.234. The van der Waals surface area contributed by atoms with Crippen LogP contribution in [-0.4, -0.2) is 44.0 Å². The summed E-state index contributed by atoms with van der Waals surface area (Å²) in [6, 6.07) is 21.6. The van der Waals surface area contributed by atoms with Crippen molar-refractivity contribution in [2.75, 3.05) is 35.6 Å². The molecule has 0 aliphatic heterocycles. The van der Waals surface area contributed by atoms with Crippen molar-refractivity contribution in [3.63, 3.8) is 0 Å². The number of ether oxygens (including phenoxy) is 2. The summed E-state index contributed by atoms with van der Waals surface area (Å²) in [7, 11) is -3.47. The lowest BCUT2D eigenvalue weighted by Crippen LogP contribution is -2.26. The molecule has 10 nitrogen and oxygen atoms in total. The topological polar surface area (TPSA) is 131 Å². The number of carbonyl (C=O) groups excluding carboxylic acids is 1. The van der Waals surface area contributed by atoms with Gasteiger partial charge >= 0.3 is 0 Å². The molecule has 2 N–H and O–H groups in total. The maximum atomic E-state index is 13.2. The number of anilines is 3. The summed E-state index contributed by atoms with van der Waals surface area (Å²) in [5.41, 5.74) is 3.23. The fourth-order valence-corrected chi connectivity index (χ4v) is 6.40. The highest BCUT2D eigenvalue weighted by Crippen LogP contribution is 2.32. The zero-order valence-electron chi connectivity index (χ0n) is 23.7. The molecule has 0 saturated carbocycles. The van der Waals surface area contributed by atoms with Crippen molar-refractivity contribution >= 4 is 43.0 Å². The van der Waals surface area contributed by atoms with Crippen LogP contribution < -0.4 is 23.8 Å². The van der Waals surface area contributed by atoms with Gasteiger partial charge in [0, 0.05) is 24.4 Å². The lowest BCUT2D eigenvalue weighted by Gasteiger charge is -2.20. The number of benzene rings is 4. The fraction of sp³-hybridized carbons (Fsp3) is 0.167. The minimum atomic E-state index is -3.93. The highest BCUT2D eigenvalue weighted by atomic mass is 32.2. The second-order valence-corrected chi connectivity index (χ2v) is 13.1. The molecule has 0 spiro atoms. The molecule has 0 saturated heterocycles. The minimum absolute atomic E-state index is 0.0131. The summed E-state index contributed by atoms with van der Waals surface area (Å²) in [5, 5.41) is 2.72. The third-order valence-electron chi connectivity index (χ3n) is 6.57. The Morgan fingerprint density at radius 3 is 1.98 bits per heavy atom. The van der Waals surface area contributed by atoms with E-state index < -0.39 is 26.0 Å². The van der Waals surface area contributed by atoms with Crippen LogP contribution in [0.3, 0.4) is 0 Å². The average Bonchev–Trinajstić information content (AvgIpc) is 2.98. The summed E-state index contributed by atoms with van der Waals surface area (Å²) < 4.78 is 66.2. The van der Waals surface area contributed by atoms with E-state index in [4.69, 9.17) is 9.47 Å². The molecule has 0 heterocycles. The number of aryl methyl sites for hydroxylation is 2. The zero-order valence-corrected chi connectivity index (χ0v) is 25.3. The van der Waals surface area contributed by atoms with Crippen LogP contribution in [0.15, 0.2) is 94.7 Å². The van der Waals surface area contributed by atoms with Crippen LogP contribution in [0.25, 0.3) is 0 Å². The van der Waals surface area contributed by atoms with Crippen molar-refractivity contribution in [1.29, 1.82) is 0 Å². The van der Waals surface area contributed by atoms with Crippen molar-refractivity contribution in [1.82, 2.24) is 0 Å². The largest absolute Gasteiger partial charge is 0.493 e. The molecular weight excluding hydrogens is 578 g/mol. The van der Waals surface area contributed by atoms with Crippen molar-refractivity contribution < 1.29 is 31.1 Å². The molecule has 4 rings (SSSR count). The molecular formula is C30H31N3O7S2. The Morgan fingerprint density at radius 1 is 0.738 bits per heavy atom. The number of sulfonamides is 2. The summed E-state index contributed by atoms with van der Waals surface area (Å²) in [4.78, 5) is 12.9. The fourth-order valence-electron chi connectivity index (χ4n) is 4.07. The normalized spacial score (nSPS) is 11.5. The van der Waals surface area contributed by atoms with Gasteiger partial charge in [0.05, 0.1) is 35.4 Å². The van der Waals surface area contributed by atoms with Crippen LogP contribution in [0.2, 0.25) is 0 Å². The van der Waals surface area contributed by atoms with Gasteiger partial charge in [-0.05, 0) is 91.7 Å². The van der Waals surface area contributed by atoms with Gasteiger partial charge in [-0.25, -0.2) is 16.8 Å². The van der Waals surface area contributed by atoms with E-state index >= 15 is 0 Å². The lowest BCUT2D eigenvalue weighted by molar-refractivity contribution is 0.102. The number of nitrogens with one attached hydrogen (secondary N) is 2. The van der Waals surface area contributed by atoms with Gasteiger partial charge in [0.25, 0.3) is 26.0 Å². The van der Waals surface area contributed by atoms with E-state index in [9.17, 15) is 21.6 Å². The molecule has 0 atom stereocenters. The van der Waals surface area contributed by atoms with E-state index in [0.29, 0.717) is 22.8 Å². The number of methoxy groups -OCH3 is 2. The van der Waals surface area contributed by atoms with Gasteiger partial charge in [-0.2, -0.15) is 0 Å². The molecule has 0 radical (unpaired) electrons. The van der Waals surface area contributed by atoms with Crippen LogP contribution in [0.1, 0.15) is 21.5 Å². The Hall–Kier alpha value is -4.55. The zero-order chi connectivity index (χ0) is 30.7. The minimum Gasteiger partial charge on any atom is -0.493 e. The van der Waals surface area contributed by atoms with Crippen molar-refractivity contribution in [2.24, 2.45) is 0 Å². The van der Waals surface area contributed by atoms with Crippen molar-refractivity contribution in [3.05, 3.63) is 102 Å². The summed E-state index contributed by atoms with van der Waals surface area (Å²) in [6.45, 7) is 3.69. The molecule has 0 bridgehead atoms. The third kappa shape index (κ3) is 6.50. The molecule has 220 valence electrons. The first kappa shape index (κ1) is 30.4. The smallest absolute Gasteiger partial charge is 0.264 e. The Kier molecular flexibility index (Phi) is 8.78. The third-order valence-corrected chi connectivity index (χ3v) is 9.73. The highest BCUT2D eigenvalue weighted by Gasteiger charge is 2.23. The first-order valence-electron chi connectivity index (χ1n) is 12.7. The predicted octanol–water partition coefficient (Wildman–Crippen LogP) is 5.20. The molecule has 1 amide bonds. The first-order chi connectivity index (χ1) is 19.8. The standard InChI is InChI=1S/C30H31N3O7S2/c1-20-6-7-21(2)27(18-20)32-41(35,36)25-14-10-23(11-15-25)31-30(34)22-8-12-24(13-9-22)33(3)42(37,38)26-16-17-28(39-4)29(19-26)40-5/h6-19,32H,1-5H3,(H,31,34). The number of amides is 1. The van der Waals surface area contributed by atoms with Crippen LogP contribution in [0.4, 0.5) is 17.1 Å². The molecule has 12 heteroatoms. The molecule has 0 aliphatic carbocycles. The van der Waals surface area contributed by atoms with Crippen LogP contribution in [0.5, 0.6) is 11.5 Å². The molecule has 0 fully saturated rings. The van der Waals surface area contributed by atoms with E-state index in [-0.39, 0.29) is 21.1 Å². The second kappa shape index (κ2) is 12.1. The quantitative estimate of drug-likeness (QED) is 0.253. The van der Waals surface area contributed by atoms with Gasteiger partial charge in [-0.1, -0.05) is 12.1 Å². The van der Waals surface area contributed by atoms with Gasteiger partial charge in [0.1, 0.15) is 0 Å². The number of hydrogen-bond acceptors (Lipinski definition) is 7. The maximum Gasteiger partial charge on any atom is 0.264 e. The number of hydrogen-bond donors (Lipinski definition) is 2. The van der Waals surface area contributed by atoms with Crippen LogP contribution in [-0.2, 0) is 20.0 Å². The molecule has 42 heavy (non-hydrogen) atoms. The predicted molar refractivity (Wildman–Crippen MR) is 163 cm³/mol. The molecule has 0 aromatic heterocycles. The number of carbonyl (C=O) groups is 1. The maximum absolute atomic E-state index is 13.2. The van der Waals surface area contributed by atoms with Gasteiger partial charge < -0.3 is 14.8 Å². The van der Waals surface area contributed by atoms with Gasteiger partial charge in [0.15, 0.2) is 11.5 Å². The van der Waals surface area contributed by atoms with Gasteiger partial charge in [-0.3, -0.25) is 13.8 Å².